The fraction of sp³-hybridized carbons (Fsp3) is 0.600. The SMILES string of the molecule is COCCN(C(C)COC)C(CN)c1ccccc1Cl. The van der Waals surface area contributed by atoms with Crippen molar-refractivity contribution in [1.82, 2.24) is 4.90 Å². The van der Waals surface area contributed by atoms with Crippen molar-refractivity contribution in [2.75, 3.05) is 40.5 Å². The maximum Gasteiger partial charge on any atom is 0.0615 e. The van der Waals surface area contributed by atoms with Crippen molar-refractivity contribution in [3.63, 3.8) is 0 Å². The number of halogens is 1. The molecule has 2 N–H and O–H groups in total. The Hall–Kier alpha value is -0.650. The van der Waals surface area contributed by atoms with Gasteiger partial charge in [-0.05, 0) is 18.6 Å². The Bertz CT molecular complexity index is 390. The summed E-state index contributed by atoms with van der Waals surface area (Å²) in [7, 11) is 3.41. The van der Waals surface area contributed by atoms with Crippen molar-refractivity contribution in [1.29, 1.82) is 0 Å². The zero-order valence-corrected chi connectivity index (χ0v) is 13.3. The molecule has 1 rings (SSSR count). The summed E-state index contributed by atoms with van der Waals surface area (Å²) in [5, 5.41) is 0.745. The van der Waals surface area contributed by atoms with E-state index in [-0.39, 0.29) is 12.1 Å². The van der Waals surface area contributed by atoms with Crippen molar-refractivity contribution in [3.05, 3.63) is 34.9 Å². The Balaban J connectivity index is 2.97. The molecule has 0 amide bonds. The molecule has 0 saturated heterocycles. The van der Waals surface area contributed by atoms with Crippen LogP contribution in [-0.2, 0) is 9.47 Å². The van der Waals surface area contributed by atoms with Crippen LogP contribution in [0, 0.1) is 0 Å². The van der Waals surface area contributed by atoms with Gasteiger partial charge in [-0.3, -0.25) is 4.90 Å². The largest absolute Gasteiger partial charge is 0.383 e. The van der Waals surface area contributed by atoms with Crippen LogP contribution < -0.4 is 5.73 Å². The van der Waals surface area contributed by atoms with E-state index in [1.165, 1.54) is 0 Å². The first-order chi connectivity index (χ1) is 9.65. The molecule has 1 aromatic rings. The molecular formula is C15H25ClN2O2. The van der Waals surface area contributed by atoms with E-state index in [9.17, 15) is 0 Å². The molecule has 5 heteroatoms. The second-order valence-corrected chi connectivity index (χ2v) is 5.22. The Morgan fingerprint density at radius 1 is 1.25 bits per heavy atom. The van der Waals surface area contributed by atoms with E-state index in [1.54, 1.807) is 14.2 Å². The first kappa shape index (κ1) is 17.4. The zero-order valence-electron chi connectivity index (χ0n) is 12.5. The summed E-state index contributed by atoms with van der Waals surface area (Å²) in [6.45, 7) is 4.70. The molecule has 0 heterocycles. The molecule has 0 radical (unpaired) electrons. The van der Waals surface area contributed by atoms with Crippen molar-refractivity contribution < 1.29 is 9.47 Å². The van der Waals surface area contributed by atoms with Gasteiger partial charge in [0.25, 0.3) is 0 Å². The van der Waals surface area contributed by atoms with Gasteiger partial charge in [0.2, 0.25) is 0 Å². The van der Waals surface area contributed by atoms with Gasteiger partial charge in [-0.15, -0.1) is 0 Å². The van der Waals surface area contributed by atoms with Gasteiger partial charge >= 0.3 is 0 Å². The monoisotopic (exact) mass is 300 g/mol. The van der Waals surface area contributed by atoms with Gasteiger partial charge in [-0.2, -0.15) is 0 Å². The number of ether oxygens (including phenoxy) is 2. The average Bonchev–Trinajstić information content (AvgIpc) is 2.45. The molecule has 2 unspecified atom stereocenters. The van der Waals surface area contributed by atoms with Crippen LogP contribution in [0.3, 0.4) is 0 Å². The summed E-state index contributed by atoms with van der Waals surface area (Å²) in [5.41, 5.74) is 7.05. The lowest BCUT2D eigenvalue weighted by Crippen LogP contribution is -2.44. The van der Waals surface area contributed by atoms with E-state index in [0.29, 0.717) is 19.8 Å². The number of methoxy groups -OCH3 is 2. The van der Waals surface area contributed by atoms with E-state index in [0.717, 1.165) is 17.1 Å². The predicted octanol–water partition coefficient (Wildman–Crippen LogP) is 2.32. The third kappa shape index (κ3) is 4.72. The topological polar surface area (TPSA) is 47.7 Å². The highest BCUT2D eigenvalue weighted by molar-refractivity contribution is 6.31. The molecule has 0 aliphatic carbocycles. The van der Waals surface area contributed by atoms with Crippen LogP contribution in [0.4, 0.5) is 0 Å². The average molecular weight is 301 g/mol. The zero-order chi connectivity index (χ0) is 15.0. The highest BCUT2D eigenvalue weighted by atomic mass is 35.5. The van der Waals surface area contributed by atoms with Crippen LogP contribution >= 0.6 is 11.6 Å². The molecule has 4 nitrogen and oxygen atoms in total. The quantitative estimate of drug-likeness (QED) is 0.760. The van der Waals surface area contributed by atoms with Crippen LogP contribution in [0.15, 0.2) is 24.3 Å². The van der Waals surface area contributed by atoms with Gasteiger partial charge in [0, 0.05) is 44.4 Å². The van der Waals surface area contributed by atoms with Crippen LogP contribution in [0.5, 0.6) is 0 Å². The van der Waals surface area contributed by atoms with Crippen LogP contribution in [0.2, 0.25) is 5.02 Å². The maximum absolute atomic E-state index is 6.31. The van der Waals surface area contributed by atoms with E-state index >= 15 is 0 Å². The molecule has 0 aromatic heterocycles. The van der Waals surface area contributed by atoms with E-state index in [1.807, 2.05) is 24.3 Å². The molecule has 0 bridgehead atoms. The Morgan fingerprint density at radius 3 is 2.50 bits per heavy atom. The molecule has 20 heavy (non-hydrogen) atoms. The molecule has 1 aromatic carbocycles. The molecule has 0 spiro atoms. The first-order valence-electron chi connectivity index (χ1n) is 6.83. The lowest BCUT2D eigenvalue weighted by atomic mass is 10.0. The standard InChI is InChI=1S/C15H25ClN2O2/c1-12(11-20-3)18(8-9-19-2)15(10-17)13-6-4-5-7-14(13)16/h4-7,12,15H,8-11,17H2,1-3H3. The molecule has 0 aliphatic heterocycles. The lowest BCUT2D eigenvalue weighted by molar-refractivity contribution is 0.0487. The highest BCUT2D eigenvalue weighted by Gasteiger charge is 2.25. The van der Waals surface area contributed by atoms with Gasteiger partial charge < -0.3 is 15.2 Å². The number of hydrogen-bond acceptors (Lipinski definition) is 4. The second kappa shape index (κ2) is 9.32. The summed E-state index contributed by atoms with van der Waals surface area (Å²) >= 11 is 6.31. The van der Waals surface area contributed by atoms with E-state index in [2.05, 4.69) is 11.8 Å². The van der Waals surface area contributed by atoms with Gasteiger partial charge in [-0.1, -0.05) is 29.8 Å². The Morgan fingerprint density at radius 2 is 1.95 bits per heavy atom. The summed E-state index contributed by atoms with van der Waals surface area (Å²) in [6, 6.07) is 8.13. The molecule has 0 aliphatic rings. The van der Waals surface area contributed by atoms with E-state index < -0.39 is 0 Å². The van der Waals surface area contributed by atoms with Crippen LogP contribution in [0.25, 0.3) is 0 Å². The third-order valence-corrected chi connectivity index (χ3v) is 3.76. The summed E-state index contributed by atoms with van der Waals surface area (Å²) < 4.78 is 10.5. The Kier molecular flexibility index (Phi) is 8.11. The number of hydrogen-bond donors (Lipinski definition) is 1. The number of nitrogens with two attached hydrogens (primary N) is 1. The van der Waals surface area contributed by atoms with Crippen molar-refractivity contribution in [3.8, 4) is 0 Å². The minimum absolute atomic E-state index is 0.0593. The molecule has 0 saturated carbocycles. The molecular weight excluding hydrogens is 276 g/mol. The van der Waals surface area contributed by atoms with Crippen molar-refractivity contribution in [2.24, 2.45) is 5.73 Å². The molecule has 2 atom stereocenters. The van der Waals surface area contributed by atoms with Crippen LogP contribution in [0.1, 0.15) is 18.5 Å². The number of nitrogens with zero attached hydrogens (tertiary/aromatic N) is 1. The van der Waals surface area contributed by atoms with Crippen LogP contribution in [-0.4, -0.2) is 51.5 Å². The summed E-state index contributed by atoms with van der Waals surface area (Å²) in [4.78, 5) is 2.29. The van der Waals surface area contributed by atoms with Crippen molar-refractivity contribution in [2.45, 2.75) is 19.0 Å². The summed E-state index contributed by atoms with van der Waals surface area (Å²) in [5.74, 6) is 0. The Labute approximate surface area is 126 Å². The fourth-order valence-electron chi connectivity index (χ4n) is 2.40. The summed E-state index contributed by atoms with van der Waals surface area (Å²) in [6.07, 6.45) is 0. The highest BCUT2D eigenvalue weighted by Crippen LogP contribution is 2.28. The first-order valence-corrected chi connectivity index (χ1v) is 7.21. The molecule has 114 valence electrons. The van der Waals surface area contributed by atoms with Gasteiger partial charge in [0.15, 0.2) is 0 Å². The normalized spacial score (nSPS) is 14.5. The maximum atomic E-state index is 6.31. The smallest absolute Gasteiger partial charge is 0.0615 e. The fourth-order valence-corrected chi connectivity index (χ4v) is 2.67. The van der Waals surface area contributed by atoms with Gasteiger partial charge in [-0.25, -0.2) is 0 Å². The van der Waals surface area contributed by atoms with Gasteiger partial charge in [0.05, 0.1) is 13.2 Å². The third-order valence-electron chi connectivity index (χ3n) is 3.42. The molecule has 0 fully saturated rings. The number of rotatable bonds is 9. The van der Waals surface area contributed by atoms with Gasteiger partial charge in [0.1, 0.15) is 0 Å². The van der Waals surface area contributed by atoms with E-state index in [4.69, 9.17) is 26.8 Å². The lowest BCUT2D eigenvalue weighted by Gasteiger charge is -2.36. The minimum atomic E-state index is 0.0593. The minimum Gasteiger partial charge on any atom is -0.383 e. The number of benzene rings is 1. The predicted molar refractivity (Wildman–Crippen MR) is 83.2 cm³/mol. The van der Waals surface area contributed by atoms with Crippen molar-refractivity contribution >= 4 is 11.6 Å². The second-order valence-electron chi connectivity index (χ2n) is 4.81.